The summed E-state index contributed by atoms with van der Waals surface area (Å²) in [5.41, 5.74) is 2.87. The molecule has 0 aliphatic heterocycles. The van der Waals surface area contributed by atoms with Gasteiger partial charge in [-0.15, -0.1) is 0 Å². The molecule has 2 N–H and O–H groups in total. The molecule has 1 heterocycles. The Morgan fingerprint density at radius 2 is 1.96 bits per heavy atom. The fourth-order valence-corrected chi connectivity index (χ4v) is 3.00. The summed E-state index contributed by atoms with van der Waals surface area (Å²) in [6, 6.07) is 6.56. The summed E-state index contributed by atoms with van der Waals surface area (Å²) in [7, 11) is -0.291. The van der Waals surface area contributed by atoms with E-state index in [9.17, 15) is 13.2 Å². The number of nitrogens with zero attached hydrogens (tertiary/aromatic N) is 2. The van der Waals surface area contributed by atoms with Gasteiger partial charge >= 0.3 is 0 Å². The van der Waals surface area contributed by atoms with Crippen LogP contribution in [0.4, 0.5) is 0 Å². The van der Waals surface area contributed by atoms with Crippen molar-refractivity contribution in [2.24, 2.45) is 0 Å². The third-order valence-electron chi connectivity index (χ3n) is 3.90. The first-order chi connectivity index (χ1) is 11.3. The van der Waals surface area contributed by atoms with Crippen LogP contribution in [0.25, 0.3) is 0 Å². The first-order valence-electron chi connectivity index (χ1n) is 7.59. The van der Waals surface area contributed by atoms with E-state index in [4.69, 9.17) is 0 Å². The van der Waals surface area contributed by atoms with Crippen molar-refractivity contribution in [2.75, 3.05) is 14.1 Å². The van der Waals surface area contributed by atoms with Crippen LogP contribution in [0.2, 0.25) is 0 Å². The second-order valence-electron chi connectivity index (χ2n) is 5.62. The number of rotatable bonds is 7. The molecule has 0 saturated heterocycles. The zero-order chi connectivity index (χ0) is 17.7. The molecule has 8 heteroatoms. The van der Waals surface area contributed by atoms with Gasteiger partial charge in [-0.25, -0.2) is 13.1 Å². The molecular weight excluding hydrogens is 328 g/mol. The van der Waals surface area contributed by atoms with E-state index < -0.39 is 10.0 Å². The molecule has 0 spiro atoms. The van der Waals surface area contributed by atoms with Gasteiger partial charge in [-0.05, 0) is 38.1 Å². The third-order valence-corrected chi connectivity index (χ3v) is 5.33. The fraction of sp³-hybridized carbons (Fsp3) is 0.375. The van der Waals surface area contributed by atoms with E-state index in [-0.39, 0.29) is 10.8 Å². The molecule has 0 unspecified atom stereocenters. The Bertz CT molecular complexity index is 797. The number of H-pyrrole nitrogens is 1. The number of sulfonamides is 1. The van der Waals surface area contributed by atoms with E-state index in [2.05, 4.69) is 14.9 Å². The number of benzene rings is 1. The predicted octanol–water partition coefficient (Wildman–Crippen LogP) is 1.22. The van der Waals surface area contributed by atoms with Crippen LogP contribution in [-0.2, 0) is 27.8 Å². The summed E-state index contributed by atoms with van der Waals surface area (Å²) < 4.78 is 25.6. The molecular formula is C16H22N4O3S. The standard InChI is InChI=1S/C16H22N4O3S/c1-12-14(10-18-19-12)11-20(3)16(21)9-6-13-4-7-15(8-5-13)24(22,23)17-2/h4-5,7-8,10,17H,6,9,11H2,1-3H3,(H,18,19). The highest BCUT2D eigenvalue weighted by molar-refractivity contribution is 7.89. The topological polar surface area (TPSA) is 95.2 Å². The molecule has 2 aromatic rings. The number of aromatic nitrogens is 2. The molecule has 1 aromatic carbocycles. The zero-order valence-electron chi connectivity index (χ0n) is 14.0. The number of hydrogen-bond donors (Lipinski definition) is 2. The minimum Gasteiger partial charge on any atom is -0.341 e. The van der Waals surface area contributed by atoms with Crippen LogP contribution < -0.4 is 4.72 Å². The van der Waals surface area contributed by atoms with E-state index in [0.717, 1.165) is 16.8 Å². The summed E-state index contributed by atoms with van der Waals surface area (Å²) in [5.74, 6) is 0.0301. The lowest BCUT2D eigenvalue weighted by atomic mass is 10.1. The Kier molecular flexibility index (Phi) is 5.74. The number of aromatic amines is 1. The lowest BCUT2D eigenvalue weighted by molar-refractivity contribution is -0.130. The van der Waals surface area contributed by atoms with Crippen molar-refractivity contribution in [2.45, 2.75) is 31.2 Å². The van der Waals surface area contributed by atoms with E-state index in [1.54, 1.807) is 42.4 Å². The number of nitrogens with one attached hydrogen (secondary N) is 2. The van der Waals surface area contributed by atoms with E-state index in [0.29, 0.717) is 19.4 Å². The van der Waals surface area contributed by atoms with Gasteiger partial charge in [0.1, 0.15) is 0 Å². The molecule has 0 fully saturated rings. The van der Waals surface area contributed by atoms with Crippen LogP contribution in [-0.4, -0.2) is 43.5 Å². The summed E-state index contributed by atoms with van der Waals surface area (Å²) >= 11 is 0. The highest BCUT2D eigenvalue weighted by Crippen LogP contribution is 2.13. The molecule has 0 saturated carbocycles. The van der Waals surface area contributed by atoms with Crippen LogP contribution in [0, 0.1) is 6.92 Å². The van der Waals surface area contributed by atoms with Crippen LogP contribution in [0.5, 0.6) is 0 Å². The Hall–Kier alpha value is -2.19. The molecule has 0 bridgehead atoms. The van der Waals surface area contributed by atoms with E-state index in [1.165, 1.54) is 7.05 Å². The van der Waals surface area contributed by atoms with Gasteiger partial charge in [-0.2, -0.15) is 5.10 Å². The maximum atomic E-state index is 12.2. The molecule has 0 aliphatic rings. The third kappa shape index (κ3) is 4.42. The van der Waals surface area contributed by atoms with Crippen molar-refractivity contribution < 1.29 is 13.2 Å². The highest BCUT2D eigenvalue weighted by Gasteiger charge is 2.13. The minimum absolute atomic E-state index is 0.0301. The lowest BCUT2D eigenvalue weighted by Gasteiger charge is -2.16. The average Bonchev–Trinajstić information content (AvgIpc) is 2.97. The van der Waals surface area contributed by atoms with Crippen LogP contribution in [0.1, 0.15) is 23.2 Å². The van der Waals surface area contributed by atoms with Gasteiger partial charge in [-0.3, -0.25) is 9.89 Å². The van der Waals surface area contributed by atoms with Gasteiger partial charge in [0.25, 0.3) is 0 Å². The molecule has 7 nitrogen and oxygen atoms in total. The Morgan fingerprint density at radius 1 is 1.29 bits per heavy atom. The number of carbonyl (C=O) groups excluding carboxylic acids is 1. The Labute approximate surface area is 142 Å². The number of aryl methyl sites for hydroxylation is 2. The van der Waals surface area contributed by atoms with Gasteiger partial charge in [0.05, 0.1) is 11.1 Å². The summed E-state index contributed by atoms with van der Waals surface area (Å²) in [4.78, 5) is 14.1. The monoisotopic (exact) mass is 350 g/mol. The van der Waals surface area contributed by atoms with Gasteiger partial charge in [0.15, 0.2) is 0 Å². The van der Waals surface area contributed by atoms with Crippen molar-refractivity contribution in [3.05, 3.63) is 47.3 Å². The molecule has 130 valence electrons. The van der Waals surface area contributed by atoms with Gasteiger partial charge in [0.2, 0.25) is 15.9 Å². The summed E-state index contributed by atoms with van der Waals surface area (Å²) in [6.07, 6.45) is 2.65. The molecule has 0 radical (unpaired) electrons. The number of hydrogen-bond acceptors (Lipinski definition) is 4. The first kappa shape index (κ1) is 18.2. The fourth-order valence-electron chi connectivity index (χ4n) is 2.27. The summed E-state index contributed by atoms with van der Waals surface area (Å²) in [6.45, 7) is 2.43. The second kappa shape index (κ2) is 7.59. The molecule has 1 aromatic heterocycles. The molecule has 0 aliphatic carbocycles. The average molecular weight is 350 g/mol. The summed E-state index contributed by atoms with van der Waals surface area (Å²) in [5, 5.41) is 6.80. The van der Waals surface area contributed by atoms with Crippen molar-refractivity contribution in [3.63, 3.8) is 0 Å². The second-order valence-corrected chi connectivity index (χ2v) is 7.51. The van der Waals surface area contributed by atoms with Crippen LogP contribution in [0.3, 0.4) is 0 Å². The quantitative estimate of drug-likeness (QED) is 0.785. The van der Waals surface area contributed by atoms with E-state index >= 15 is 0 Å². The lowest BCUT2D eigenvalue weighted by Crippen LogP contribution is -2.26. The highest BCUT2D eigenvalue weighted by atomic mass is 32.2. The zero-order valence-corrected chi connectivity index (χ0v) is 14.9. The van der Waals surface area contributed by atoms with Gasteiger partial charge in [0, 0.05) is 31.3 Å². The number of carbonyl (C=O) groups is 1. The molecule has 1 amide bonds. The minimum atomic E-state index is -3.43. The van der Waals surface area contributed by atoms with Crippen molar-refractivity contribution in [1.29, 1.82) is 0 Å². The van der Waals surface area contributed by atoms with Crippen LogP contribution in [0.15, 0.2) is 35.4 Å². The molecule has 24 heavy (non-hydrogen) atoms. The Balaban J connectivity index is 1.90. The number of amides is 1. The maximum absolute atomic E-state index is 12.2. The maximum Gasteiger partial charge on any atom is 0.240 e. The van der Waals surface area contributed by atoms with Gasteiger partial charge < -0.3 is 4.90 Å². The van der Waals surface area contributed by atoms with Gasteiger partial charge in [-0.1, -0.05) is 12.1 Å². The normalized spacial score (nSPS) is 11.5. The molecule has 2 rings (SSSR count). The van der Waals surface area contributed by atoms with Crippen molar-refractivity contribution >= 4 is 15.9 Å². The molecule has 0 atom stereocenters. The SMILES string of the molecule is CNS(=O)(=O)c1ccc(CCC(=O)N(C)Cc2cn[nH]c2C)cc1. The van der Waals surface area contributed by atoms with Crippen LogP contribution >= 0.6 is 0 Å². The van der Waals surface area contributed by atoms with Crippen molar-refractivity contribution in [3.8, 4) is 0 Å². The largest absolute Gasteiger partial charge is 0.341 e. The van der Waals surface area contributed by atoms with E-state index in [1.807, 2.05) is 6.92 Å². The van der Waals surface area contributed by atoms with Crippen molar-refractivity contribution in [1.82, 2.24) is 19.8 Å². The predicted molar refractivity (Wildman–Crippen MR) is 90.8 cm³/mol. The smallest absolute Gasteiger partial charge is 0.240 e. The first-order valence-corrected chi connectivity index (χ1v) is 9.07. The Morgan fingerprint density at radius 3 is 2.50 bits per heavy atom.